The molecule has 32 heavy (non-hydrogen) atoms. The van der Waals surface area contributed by atoms with Crippen molar-refractivity contribution in [2.45, 2.75) is 29.9 Å². The fraction of sp³-hybridized carbons (Fsp3) is 0.231. The number of benzene rings is 3. The molecule has 0 spiro atoms. The second-order valence-corrected chi connectivity index (χ2v) is 8.82. The summed E-state index contributed by atoms with van der Waals surface area (Å²) in [6, 6.07) is 24.7. The predicted molar refractivity (Wildman–Crippen MR) is 129 cm³/mol. The van der Waals surface area contributed by atoms with E-state index < -0.39 is 5.25 Å². The highest BCUT2D eigenvalue weighted by molar-refractivity contribution is 8.00. The number of anilines is 2. The predicted octanol–water partition coefficient (Wildman–Crippen LogP) is 5.91. The highest BCUT2D eigenvalue weighted by Crippen LogP contribution is 2.37. The van der Waals surface area contributed by atoms with Crippen molar-refractivity contribution in [1.29, 1.82) is 0 Å². The zero-order valence-corrected chi connectivity index (χ0v) is 18.7. The Morgan fingerprint density at radius 2 is 1.53 bits per heavy atom. The van der Waals surface area contributed by atoms with Gasteiger partial charge in [0, 0.05) is 22.2 Å². The minimum Gasteiger partial charge on any atom is -0.494 e. The highest BCUT2D eigenvalue weighted by atomic mass is 32.2. The molecule has 1 aliphatic rings. The minimum atomic E-state index is -0.422. The van der Waals surface area contributed by atoms with Gasteiger partial charge in [-0.2, -0.15) is 0 Å². The molecule has 2 N–H and O–H groups in total. The molecule has 6 heteroatoms. The molecule has 0 radical (unpaired) electrons. The lowest BCUT2D eigenvalue weighted by Gasteiger charge is -2.17. The van der Waals surface area contributed by atoms with Crippen LogP contribution in [-0.4, -0.2) is 18.4 Å². The smallest absolute Gasteiger partial charge is 0.242 e. The van der Waals surface area contributed by atoms with E-state index in [1.165, 1.54) is 11.8 Å². The number of ether oxygens (including phenoxy) is 1. The molecule has 0 bridgehead atoms. The zero-order chi connectivity index (χ0) is 22.3. The van der Waals surface area contributed by atoms with Crippen molar-refractivity contribution in [3.05, 3.63) is 84.4 Å². The molecule has 164 valence electrons. The molecule has 0 heterocycles. The standard InChI is InChI=1S/C26H26N2O3S/c1-2-31-22-14-10-20(11-15-22)28-26(30)24(18-6-4-3-5-7-18)32-23-16-12-21(13-17-23)27-25(29)19-8-9-19/h3-7,10-17,19,24H,2,8-9H2,1H3,(H,27,29)(H,28,30). The Hall–Kier alpha value is -3.25. The Kier molecular flexibility index (Phi) is 7.12. The Bertz CT molecular complexity index is 1050. The van der Waals surface area contributed by atoms with E-state index >= 15 is 0 Å². The Morgan fingerprint density at radius 1 is 0.906 bits per heavy atom. The molecule has 1 aliphatic carbocycles. The molecular weight excluding hydrogens is 420 g/mol. The molecule has 2 amide bonds. The van der Waals surface area contributed by atoms with Gasteiger partial charge in [0.1, 0.15) is 11.0 Å². The lowest BCUT2D eigenvalue weighted by Crippen LogP contribution is -2.19. The second-order valence-electron chi connectivity index (χ2n) is 7.64. The van der Waals surface area contributed by atoms with Crippen LogP contribution in [0, 0.1) is 5.92 Å². The maximum Gasteiger partial charge on any atom is 0.242 e. The Morgan fingerprint density at radius 3 is 2.16 bits per heavy atom. The summed E-state index contributed by atoms with van der Waals surface area (Å²) in [6.45, 7) is 2.53. The van der Waals surface area contributed by atoms with Gasteiger partial charge in [-0.1, -0.05) is 30.3 Å². The van der Waals surface area contributed by atoms with Crippen molar-refractivity contribution in [3.8, 4) is 5.75 Å². The van der Waals surface area contributed by atoms with Crippen molar-refractivity contribution in [2.24, 2.45) is 5.92 Å². The lowest BCUT2D eigenvalue weighted by atomic mass is 10.1. The Labute approximate surface area is 192 Å². The molecule has 0 saturated heterocycles. The Balaban J connectivity index is 1.46. The number of carbonyl (C=O) groups excluding carboxylic acids is 2. The van der Waals surface area contributed by atoms with E-state index in [0.717, 1.165) is 40.4 Å². The topological polar surface area (TPSA) is 67.4 Å². The molecule has 0 aromatic heterocycles. The van der Waals surface area contributed by atoms with Crippen LogP contribution in [0.5, 0.6) is 5.75 Å². The van der Waals surface area contributed by atoms with Gasteiger partial charge >= 0.3 is 0 Å². The quantitative estimate of drug-likeness (QED) is 0.401. The van der Waals surface area contributed by atoms with Gasteiger partial charge in [-0.25, -0.2) is 0 Å². The van der Waals surface area contributed by atoms with Gasteiger partial charge in [0.05, 0.1) is 6.61 Å². The summed E-state index contributed by atoms with van der Waals surface area (Å²) in [7, 11) is 0. The van der Waals surface area contributed by atoms with Crippen molar-refractivity contribution in [2.75, 3.05) is 17.2 Å². The van der Waals surface area contributed by atoms with E-state index in [1.54, 1.807) is 0 Å². The van der Waals surface area contributed by atoms with Crippen LogP contribution in [0.4, 0.5) is 11.4 Å². The average Bonchev–Trinajstić information content (AvgIpc) is 3.66. The third kappa shape index (κ3) is 5.92. The molecule has 1 fully saturated rings. The number of hydrogen-bond acceptors (Lipinski definition) is 4. The van der Waals surface area contributed by atoms with E-state index in [9.17, 15) is 9.59 Å². The highest BCUT2D eigenvalue weighted by Gasteiger charge is 2.29. The van der Waals surface area contributed by atoms with Crippen LogP contribution in [0.25, 0.3) is 0 Å². The van der Waals surface area contributed by atoms with Crippen LogP contribution >= 0.6 is 11.8 Å². The molecule has 3 aromatic carbocycles. The second kappa shape index (κ2) is 10.4. The first kappa shape index (κ1) is 22.0. The maximum absolute atomic E-state index is 13.2. The van der Waals surface area contributed by atoms with Crippen molar-refractivity contribution < 1.29 is 14.3 Å². The number of amides is 2. The van der Waals surface area contributed by atoms with Gasteiger partial charge in [0.2, 0.25) is 11.8 Å². The average molecular weight is 447 g/mol. The molecule has 3 aromatic rings. The summed E-state index contributed by atoms with van der Waals surface area (Å²) in [5.74, 6) is 0.921. The SMILES string of the molecule is CCOc1ccc(NC(=O)C(Sc2ccc(NC(=O)C3CC3)cc2)c2ccccc2)cc1. The molecule has 1 atom stereocenters. The minimum absolute atomic E-state index is 0.0855. The van der Waals surface area contributed by atoms with Gasteiger partial charge in [0.25, 0.3) is 0 Å². The van der Waals surface area contributed by atoms with Gasteiger partial charge in [-0.3, -0.25) is 9.59 Å². The lowest BCUT2D eigenvalue weighted by molar-refractivity contribution is -0.117. The number of thioether (sulfide) groups is 1. The number of carbonyl (C=O) groups is 2. The van der Waals surface area contributed by atoms with E-state index in [4.69, 9.17) is 4.74 Å². The van der Waals surface area contributed by atoms with E-state index in [0.29, 0.717) is 6.61 Å². The molecule has 1 unspecified atom stereocenters. The van der Waals surface area contributed by atoms with Crippen molar-refractivity contribution in [3.63, 3.8) is 0 Å². The van der Waals surface area contributed by atoms with Gasteiger partial charge in [0.15, 0.2) is 0 Å². The molecule has 5 nitrogen and oxygen atoms in total. The first-order valence-electron chi connectivity index (χ1n) is 10.8. The van der Waals surface area contributed by atoms with Crippen LogP contribution in [-0.2, 0) is 9.59 Å². The summed E-state index contributed by atoms with van der Waals surface area (Å²) in [5, 5.41) is 5.54. The van der Waals surface area contributed by atoms with Crippen LogP contribution in [0.15, 0.2) is 83.8 Å². The first-order chi connectivity index (χ1) is 15.6. The summed E-state index contributed by atoms with van der Waals surface area (Å²) in [4.78, 5) is 26.1. The largest absolute Gasteiger partial charge is 0.494 e. The third-order valence-corrected chi connectivity index (χ3v) is 6.36. The first-order valence-corrected chi connectivity index (χ1v) is 11.7. The van der Waals surface area contributed by atoms with E-state index in [1.807, 2.05) is 85.8 Å². The van der Waals surface area contributed by atoms with Crippen molar-refractivity contribution in [1.82, 2.24) is 0 Å². The van der Waals surface area contributed by atoms with E-state index in [2.05, 4.69) is 10.6 Å². The molecular formula is C26H26N2O3S. The van der Waals surface area contributed by atoms with Crippen LogP contribution < -0.4 is 15.4 Å². The third-order valence-electron chi connectivity index (χ3n) is 5.10. The fourth-order valence-corrected chi connectivity index (χ4v) is 4.28. The summed E-state index contributed by atoms with van der Waals surface area (Å²) in [5.41, 5.74) is 2.42. The maximum atomic E-state index is 13.2. The summed E-state index contributed by atoms with van der Waals surface area (Å²) < 4.78 is 5.47. The number of rotatable bonds is 9. The number of nitrogens with one attached hydrogen (secondary N) is 2. The van der Waals surface area contributed by atoms with Crippen molar-refractivity contribution >= 4 is 35.0 Å². The fourth-order valence-electron chi connectivity index (χ4n) is 3.25. The molecule has 4 rings (SSSR count). The van der Waals surface area contributed by atoms with Crippen LogP contribution in [0.2, 0.25) is 0 Å². The van der Waals surface area contributed by atoms with Gasteiger partial charge in [-0.15, -0.1) is 11.8 Å². The van der Waals surface area contributed by atoms with E-state index in [-0.39, 0.29) is 17.7 Å². The zero-order valence-electron chi connectivity index (χ0n) is 17.9. The molecule has 1 saturated carbocycles. The monoisotopic (exact) mass is 446 g/mol. The van der Waals surface area contributed by atoms with Gasteiger partial charge in [-0.05, 0) is 73.9 Å². The van der Waals surface area contributed by atoms with Crippen LogP contribution in [0.1, 0.15) is 30.6 Å². The summed E-state index contributed by atoms with van der Waals surface area (Å²) in [6.07, 6.45) is 1.95. The normalized spacial score (nSPS) is 13.8. The summed E-state index contributed by atoms with van der Waals surface area (Å²) >= 11 is 1.48. The number of hydrogen-bond donors (Lipinski definition) is 2. The van der Waals surface area contributed by atoms with Crippen LogP contribution in [0.3, 0.4) is 0 Å². The van der Waals surface area contributed by atoms with Gasteiger partial charge < -0.3 is 15.4 Å². The molecule has 0 aliphatic heterocycles.